The first-order valence-corrected chi connectivity index (χ1v) is 6.95. The van der Waals surface area contributed by atoms with Crippen molar-refractivity contribution in [1.29, 1.82) is 0 Å². The van der Waals surface area contributed by atoms with Crippen LogP contribution in [0, 0.1) is 0 Å². The number of aromatic nitrogens is 2. The lowest BCUT2D eigenvalue weighted by Gasteiger charge is -2.07. The van der Waals surface area contributed by atoms with E-state index in [0.717, 1.165) is 16.6 Å². The molecule has 0 aliphatic carbocycles. The van der Waals surface area contributed by atoms with Crippen molar-refractivity contribution in [3.63, 3.8) is 0 Å². The molecule has 4 nitrogen and oxygen atoms in total. The normalized spacial score (nSPS) is 10.8. The van der Waals surface area contributed by atoms with Crippen LogP contribution in [-0.4, -0.2) is 15.5 Å². The summed E-state index contributed by atoms with van der Waals surface area (Å²) in [5, 5.41) is 3.52. The van der Waals surface area contributed by atoms with Crippen LogP contribution < -0.4 is 5.32 Å². The summed E-state index contributed by atoms with van der Waals surface area (Å²) in [6, 6.07) is 12.9. The lowest BCUT2D eigenvalue weighted by Crippen LogP contribution is -2.22. The highest BCUT2D eigenvalue weighted by Crippen LogP contribution is 2.16. The van der Waals surface area contributed by atoms with E-state index in [1.165, 1.54) is 0 Å². The molecule has 0 atom stereocenters. The number of amides is 1. The summed E-state index contributed by atoms with van der Waals surface area (Å²) >= 11 is 6.07. The van der Waals surface area contributed by atoms with Crippen molar-refractivity contribution < 1.29 is 4.79 Å². The van der Waals surface area contributed by atoms with E-state index < -0.39 is 0 Å². The van der Waals surface area contributed by atoms with Crippen molar-refractivity contribution >= 4 is 28.5 Å². The molecule has 1 aromatic heterocycles. The second kappa shape index (κ2) is 5.58. The molecule has 0 aliphatic rings. The number of rotatable bonds is 3. The molecule has 1 N–H and O–H groups in total. The van der Waals surface area contributed by atoms with Crippen LogP contribution in [-0.2, 0) is 13.6 Å². The second-order valence-corrected chi connectivity index (χ2v) is 5.24. The molecule has 21 heavy (non-hydrogen) atoms. The average molecular weight is 300 g/mol. The van der Waals surface area contributed by atoms with Gasteiger partial charge in [0.15, 0.2) is 0 Å². The van der Waals surface area contributed by atoms with Gasteiger partial charge < -0.3 is 9.88 Å². The monoisotopic (exact) mass is 299 g/mol. The van der Waals surface area contributed by atoms with Crippen LogP contribution in [0.3, 0.4) is 0 Å². The minimum Gasteiger partial charge on any atom is -0.348 e. The van der Waals surface area contributed by atoms with Gasteiger partial charge >= 0.3 is 0 Å². The quantitative estimate of drug-likeness (QED) is 0.807. The number of nitrogens with one attached hydrogen (secondary N) is 1. The van der Waals surface area contributed by atoms with Gasteiger partial charge in [0.2, 0.25) is 0 Å². The summed E-state index contributed by atoms with van der Waals surface area (Å²) in [5.74, 6) is -0.137. The Hall–Kier alpha value is -2.33. The zero-order valence-electron chi connectivity index (χ0n) is 11.5. The number of carbonyl (C=O) groups is 1. The maximum atomic E-state index is 12.2. The van der Waals surface area contributed by atoms with E-state index in [4.69, 9.17) is 11.6 Å². The van der Waals surface area contributed by atoms with Crippen LogP contribution in [0.5, 0.6) is 0 Å². The molecule has 3 aromatic rings. The Morgan fingerprint density at radius 1 is 1.29 bits per heavy atom. The van der Waals surface area contributed by atoms with Crippen molar-refractivity contribution in [2.75, 3.05) is 0 Å². The minimum absolute atomic E-state index is 0.137. The Labute approximate surface area is 127 Å². The van der Waals surface area contributed by atoms with Crippen molar-refractivity contribution in [2.45, 2.75) is 6.54 Å². The van der Waals surface area contributed by atoms with Crippen LogP contribution in [0.1, 0.15) is 15.9 Å². The van der Waals surface area contributed by atoms with Gasteiger partial charge in [-0.25, -0.2) is 4.98 Å². The number of nitrogens with zero attached hydrogens (tertiary/aromatic N) is 2. The molecule has 1 heterocycles. The Balaban J connectivity index is 1.76. The first kappa shape index (κ1) is 13.6. The predicted octanol–water partition coefficient (Wildman–Crippen LogP) is 3.16. The summed E-state index contributed by atoms with van der Waals surface area (Å²) < 4.78 is 1.92. The third-order valence-electron chi connectivity index (χ3n) is 3.38. The van der Waals surface area contributed by atoms with E-state index in [0.29, 0.717) is 17.1 Å². The highest BCUT2D eigenvalue weighted by molar-refractivity contribution is 6.31. The fraction of sp³-hybridized carbons (Fsp3) is 0.125. The standard InChI is InChI=1S/C16H14ClN3O/c1-20-10-19-14-8-11(6-7-15(14)20)16(21)18-9-12-4-2-3-5-13(12)17/h2-8,10H,9H2,1H3,(H,18,21). The highest BCUT2D eigenvalue weighted by atomic mass is 35.5. The highest BCUT2D eigenvalue weighted by Gasteiger charge is 2.09. The fourth-order valence-electron chi connectivity index (χ4n) is 2.20. The van der Waals surface area contributed by atoms with Crippen molar-refractivity contribution in [1.82, 2.24) is 14.9 Å². The molecule has 0 unspecified atom stereocenters. The lowest BCUT2D eigenvalue weighted by atomic mass is 10.1. The summed E-state index contributed by atoms with van der Waals surface area (Å²) in [6.07, 6.45) is 1.73. The Morgan fingerprint density at radius 3 is 2.90 bits per heavy atom. The number of hydrogen-bond acceptors (Lipinski definition) is 2. The molecule has 0 fully saturated rings. The van der Waals surface area contributed by atoms with Gasteiger partial charge in [-0.05, 0) is 29.8 Å². The van der Waals surface area contributed by atoms with E-state index in [9.17, 15) is 4.79 Å². The van der Waals surface area contributed by atoms with Gasteiger partial charge in [-0.3, -0.25) is 4.79 Å². The van der Waals surface area contributed by atoms with E-state index >= 15 is 0 Å². The number of imidazole rings is 1. The first-order valence-electron chi connectivity index (χ1n) is 6.58. The summed E-state index contributed by atoms with van der Waals surface area (Å²) in [6.45, 7) is 0.402. The zero-order valence-corrected chi connectivity index (χ0v) is 12.3. The van der Waals surface area contributed by atoms with Gasteiger partial charge in [-0.15, -0.1) is 0 Å². The number of halogens is 1. The molecule has 0 saturated heterocycles. The number of carbonyl (C=O) groups excluding carboxylic acids is 1. The lowest BCUT2D eigenvalue weighted by molar-refractivity contribution is 0.0951. The van der Waals surface area contributed by atoms with Crippen molar-refractivity contribution in [3.8, 4) is 0 Å². The molecule has 2 aromatic carbocycles. The summed E-state index contributed by atoms with van der Waals surface area (Å²) in [4.78, 5) is 16.4. The molecule has 0 aliphatic heterocycles. The molecule has 0 bridgehead atoms. The summed E-state index contributed by atoms with van der Waals surface area (Å²) in [5.41, 5.74) is 3.29. The van der Waals surface area contributed by atoms with Gasteiger partial charge in [0.05, 0.1) is 17.4 Å². The number of hydrogen-bond donors (Lipinski definition) is 1. The van der Waals surface area contributed by atoms with E-state index in [2.05, 4.69) is 10.3 Å². The maximum absolute atomic E-state index is 12.2. The van der Waals surface area contributed by atoms with Gasteiger partial charge in [0.25, 0.3) is 5.91 Å². The number of benzene rings is 2. The number of fused-ring (bicyclic) bond motifs is 1. The summed E-state index contributed by atoms with van der Waals surface area (Å²) in [7, 11) is 1.92. The topological polar surface area (TPSA) is 46.9 Å². The molecular formula is C16H14ClN3O. The minimum atomic E-state index is -0.137. The van der Waals surface area contributed by atoms with E-state index in [-0.39, 0.29) is 5.91 Å². The number of aryl methyl sites for hydroxylation is 1. The second-order valence-electron chi connectivity index (χ2n) is 4.83. The van der Waals surface area contributed by atoms with Crippen LogP contribution in [0.25, 0.3) is 11.0 Å². The van der Waals surface area contributed by atoms with Crippen LogP contribution in [0.15, 0.2) is 48.8 Å². The van der Waals surface area contributed by atoms with Crippen LogP contribution in [0.2, 0.25) is 5.02 Å². The van der Waals surface area contributed by atoms with Crippen LogP contribution >= 0.6 is 11.6 Å². The van der Waals surface area contributed by atoms with Crippen LogP contribution in [0.4, 0.5) is 0 Å². The zero-order chi connectivity index (χ0) is 14.8. The smallest absolute Gasteiger partial charge is 0.251 e. The Morgan fingerprint density at radius 2 is 2.10 bits per heavy atom. The Kier molecular flexibility index (Phi) is 3.62. The molecular weight excluding hydrogens is 286 g/mol. The van der Waals surface area contributed by atoms with Gasteiger partial charge in [-0.1, -0.05) is 29.8 Å². The Bertz CT molecular complexity index is 810. The van der Waals surface area contributed by atoms with E-state index in [1.807, 2.05) is 41.9 Å². The molecule has 1 amide bonds. The van der Waals surface area contributed by atoms with Gasteiger partial charge in [0, 0.05) is 24.2 Å². The molecule has 0 saturated carbocycles. The van der Waals surface area contributed by atoms with Gasteiger partial charge in [0.1, 0.15) is 0 Å². The molecule has 0 spiro atoms. The fourth-order valence-corrected chi connectivity index (χ4v) is 2.40. The third kappa shape index (κ3) is 2.76. The SMILES string of the molecule is Cn1cnc2cc(C(=O)NCc3ccccc3Cl)ccc21. The largest absolute Gasteiger partial charge is 0.348 e. The predicted molar refractivity (Wildman–Crippen MR) is 83.3 cm³/mol. The third-order valence-corrected chi connectivity index (χ3v) is 3.75. The molecule has 0 radical (unpaired) electrons. The molecule has 106 valence electrons. The maximum Gasteiger partial charge on any atom is 0.251 e. The van der Waals surface area contributed by atoms with E-state index in [1.54, 1.807) is 18.5 Å². The molecule has 3 rings (SSSR count). The van der Waals surface area contributed by atoms with Crippen molar-refractivity contribution in [3.05, 3.63) is 64.9 Å². The first-order chi connectivity index (χ1) is 10.1. The molecule has 5 heteroatoms. The van der Waals surface area contributed by atoms with Gasteiger partial charge in [-0.2, -0.15) is 0 Å². The average Bonchev–Trinajstić information content (AvgIpc) is 2.87. The van der Waals surface area contributed by atoms with Crippen molar-refractivity contribution in [2.24, 2.45) is 7.05 Å².